The van der Waals surface area contributed by atoms with E-state index in [0.29, 0.717) is 28.1 Å². The predicted molar refractivity (Wildman–Crippen MR) is 61.9 cm³/mol. The van der Waals surface area contributed by atoms with Crippen LogP contribution in [-0.2, 0) is 6.54 Å². The molecule has 5 nitrogen and oxygen atoms in total. The number of tetrazole rings is 1. The van der Waals surface area contributed by atoms with Gasteiger partial charge in [-0.1, -0.05) is 23.2 Å². The molecule has 2 rings (SSSR count). The molecule has 1 aromatic heterocycles. The Kier molecular flexibility index (Phi) is 3.38. The molecule has 0 saturated carbocycles. The first-order valence-electron chi connectivity index (χ1n) is 4.59. The van der Waals surface area contributed by atoms with Crippen LogP contribution in [0.15, 0.2) is 18.2 Å². The second-order valence-electron chi connectivity index (χ2n) is 3.13. The number of nitrogens with zero attached hydrogens (tertiary/aromatic N) is 4. The zero-order chi connectivity index (χ0) is 11.5. The van der Waals surface area contributed by atoms with Crippen LogP contribution in [0.4, 0.5) is 0 Å². The van der Waals surface area contributed by atoms with Crippen LogP contribution in [0.25, 0.3) is 5.69 Å². The second kappa shape index (κ2) is 4.78. The van der Waals surface area contributed by atoms with Crippen LogP contribution in [0.1, 0.15) is 5.82 Å². The zero-order valence-corrected chi connectivity index (χ0v) is 10.00. The number of rotatable bonds is 3. The number of nitrogens with one attached hydrogen (secondary N) is 1. The van der Waals surface area contributed by atoms with Gasteiger partial charge in [0.25, 0.3) is 0 Å². The van der Waals surface area contributed by atoms with Gasteiger partial charge in [0.1, 0.15) is 0 Å². The van der Waals surface area contributed by atoms with Crippen molar-refractivity contribution in [3.63, 3.8) is 0 Å². The minimum absolute atomic E-state index is 0.511. The molecule has 0 radical (unpaired) electrons. The number of benzene rings is 1. The van der Waals surface area contributed by atoms with Gasteiger partial charge in [0.15, 0.2) is 5.82 Å². The molecule has 2 aromatic rings. The van der Waals surface area contributed by atoms with Gasteiger partial charge in [-0.3, -0.25) is 0 Å². The van der Waals surface area contributed by atoms with E-state index in [2.05, 4.69) is 20.8 Å². The standard InChI is InChI=1S/C9H9Cl2N5/c1-12-5-9-13-14-15-16(9)8-3-2-6(10)4-7(8)11/h2-4,12H,5H2,1H3. The van der Waals surface area contributed by atoms with Crippen molar-refractivity contribution in [3.8, 4) is 5.69 Å². The summed E-state index contributed by atoms with van der Waals surface area (Å²) in [6.07, 6.45) is 0. The Hall–Kier alpha value is -1.17. The van der Waals surface area contributed by atoms with Crippen LogP contribution >= 0.6 is 23.2 Å². The molecule has 0 saturated heterocycles. The third-order valence-corrected chi connectivity index (χ3v) is 2.54. The second-order valence-corrected chi connectivity index (χ2v) is 3.98. The highest BCUT2D eigenvalue weighted by atomic mass is 35.5. The van der Waals surface area contributed by atoms with Gasteiger partial charge in [-0.05, 0) is 35.7 Å². The van der Waals surface area contributed by atoms with Crippen LogP contribution in [0.5, 0.6) is 0 Å². The fourth-order valence-electron chi connectivity index (χ4n) is 1.31. The summed E-state index contributed by atoms with van der Waals surface area (Å²) in [5, 5.41) is 15.5. The SMILES string of the molecule is CNCc1nnnn1-c1ccc(Cl)cc1Cl. The normalized spacial score (nSPS) is 10.7. The van der Waals surface area contributed by atoms with E-state index < -0.39 is 0 Å². The van der Waals surface area contributed by atoms with E-state index >= 15 is 0 Å². The predicted octanol–water partition coefficient (Wildman–Crippen LogP) is 1.69. The summed E-state index contributed by atoms with van der Waals surface area (Å²) < 4.78 is 1.58. The molecule has 1 heterocycles. The maximum atomic E-state index is 6.07. The smallest absolute Gasteiger partial charge is 0.170 e. The van der Waals surface area contributed by atoms with Crippen molar-refractivity contribution in [1.29, 1.82) is 0 Å². The van der Waals surface area contributed by atoms with E-state index in [-0.39, 0.29) is 0 Å². The Balaban J connectivity index is 2.46. The van der Waals surface area contributed by atoms with Crippen molar-refractivity contribution in [2.24, 2.45) is 0 Å². The van der Waals surface area contributed by atoms with Crippen molar-refractivity contribution in [2.45, 2.75) is 6.54 Å². The largest absolute Gasteiger partial charge is 0.313 e. The molecule has 1 N–H and O–H groups in total. The quantitative estimate of drug-likeness (QED) is 0.910. The third-order valence-electron chi connectivity index (χ3n) is 2.01. The molecule has 0 unspecified atom stereocenters. The maximum absolute atomic E-state index is 6.07. The summed E-state index contributed by atoms with van der Waals surface area (Å²) in [7, 11) is 1.82. The van der Waals surface area contributed by atoms with Gasteiger partial charge in [0.2, 0.25) is 0 Å². The molecule has 0 aliphatic rings. The van der Waals surface area contributed by atoms with Crippen molar-refractivity contribution in [3.05, 3.63) is 34.1 Å². The molecule has 0 bridgehead atoms. The molecule has 0 atom stereocenters. The van der Waals surface area contributed by atoms with Crippen molar-refractivity contribution >= 4 is 23.2 Å². The van der Waals surface area contributed by atoms with Crippen LogP contribution in [0.3, 0.4) is 0 Å². The van der Waals surface area contributed by atoms with Crippen LogP contribution in [0.2, 0.25) is 10.0 Å². The number of hydrogen-bond donors (Lipinski definition) is 1. The average molecular weight is 258 g/mol. The molecule has 0 spiro atoms. The summed E-state index contributed by atoms with van der Waals surface area (Å²) in [5.74, 6) is 0.687. The van der Waals surface area contributed by atoms with Gasteiger partial charge in [-0.15, -0.1) is 5.10 Å². The molecule has 16 heavy (non-hydrogen) atoms. The van der Waals surface area contributed by atoms with Gasteiger partial charge in [-0.25, -0.2) is 0 Å². The molecule has 7 heteroatoms. The molecule has 0 fully saturated rings. The molecular weight excluding hydrogens is 249 g/mol. The summed E-state index contributed by atoms with van der Waals surface area (Å²) >= 11 is 11.9. The van der Waals surface area contributed by atoms with Crippen LogP contribution in [0, 0.1) is 0 Å². The first-order chi connectivity index (χ1) is 7.72. The molecule has 0 amide bonds. The number of hydrogen-bond acceptors (Lipinski definition) is 4. The van der Waals surface area contributed by atoms with Gasteiger partial charge >= 0.3 is 0 Å². The summed E-state index contributed by atoms with van der Waals surface area (Å²) in [6, 6.07) is 5.18. The lowest BCUT2D eigenvalue weighted by Gasteiger charge is -2.06. The third kappa shape index (κ3) is 2.16. The molecule has 0 aliphatic heterocycles. The Labute approximate surface area is 102 Å². The Morgan fingerprint density at radius 2 is 2.19 bits per heavy atom. The average Bonchev–Trinajstić information content (AvgIpc) is 2.67. The highest BCUT2D eigenvalue weighted by Crippen LogP contribution is 2.24. The fraction of sp³-hybridized carbons (Fsp3) is 0.222. The molecule has 0 aliphatic carbocycles. The Morgan fingerprint density at radius 3 is 2.88 bits per heavy atom. The minimum Gasteiger partial charge on any atom is -0.313 e. The van der Waals surface area contributed by atoms with E-state index in [1.807, 2.05) is 7.05 Å². The van der Waals surface area contributed by atoms with E-state index in [4.69, 9.17) is 23.2 Å². The summed E-state index contributed by atoms with van der Waals surface area (Å²) in [4.78, 5) is 0. The van der Waals surface area contributed by atoms with E-state index in [1.165, 1.54) is 0 Å². The Morgan fingerprint density at radius 1 is 1.38 bits per heavy atom. The summed E-state index contributed by atoms with van der Waals surface area (Å²) in [6.45, 7) is 0.561. The fourth-order valence-corrected chi connectivity index (χ4v) is 1.80. The first-order valence-corrected chi connectivity index (χ1v) is 5.35. The lowest BCUT2D eigenvalue weighted by atomic mass is 10.3. The van der Waals surface area contributed by atoms with Gasteiger partial charge < -0.3 is 5.32 Å². The first kappa shape index (κ1) is 11.3. The lowest BCUT2D eigenvalue weighted by molar-refractivity contribution is 0.709. The van der Waals surface area contributed by atoms with E-state index in [0.717, 1.165) is 0 Å². The highest BCUT2D eigenvalue weighted by Gasteiger charge is 2.10. The lowest BCUT2D eigenvalue weighted by Crippen LogP contribution is -2.12. The zero-order valence-electron chi connectivity index (χ0n) is 8.48. The summed E-state index contributed by atoms with van der Waals surface area (Å²) in [5.41, 5.74) is 0.710. The monoisotopic (exact) mass is 257 g/mol. The van der Waals surface area contributed by atoms with Crippen molar-refractivity contribution < 1.29 is 0 Å². The van der Waals surface area contributed by atoms with Crippen molar-refractivity contribution in [1.82, 2.24) is 25.5 Å². The van der Waals surface area contributed by atoms with E-state index in [9.17, 15) is 0 Å². The van der Waals surface area contributed by atoms with Crippen LogP contribution < -0.4 is 5.32 Å². The van der Waals surface area contributed by atoms with Gasteiger partial charge in [0, 0.05) is 5.02 Å². The van der Waals surface area contributed by atoms with Crippen LogP contribution in [-0.4, -0.2) is 27.3 Å². The van der Waals surface area contributed by atoms with Gasteiger partial charge in [0.05, 0.1) is 17.3 Å². The Bertz CT molecular complexity index is 496. The molecule has 1 aromatic carbocycles. The topological polar surface area (TPSA) is 55.6 Å². The molecular formula is C9H9Cl2N5. The minimum atomic E-state index is 0.511. The maximum Gasteiger partial charge on any atom is 0.170 e. The number of aromatic nitrogens is 4. The molecule has 84 valence electrons. The van der Waals surface area contributed by atoms with E-state index in [1.54, 1.807) is 22.9 Å². The number of halogens is 2. The highest BCUT2D eigenvalue weighted by molar-refractivity contribution is 6.35. The van der Waals surface area contributed by atoms with Crippen molar-refractivity contribution in [2.75, 3.05) is 7.05 Å². The van der Waals surface area contributed by atoms with Gasteiger partial charge in [-0.2, -0.15) is 4.68 Å².